The van der Waals surface area contributed by atoms with Gasteiger partial charge in [-0.2, -0.15) is 0 Å². The van der Waals surface area contributed by atoms with E-state index in [-0.39, 0.29) is 11.9 Å². The normalized spacial score (nSPS) is 18.2. The van der Waals surface area contributed by atoms with Gasteiger partial charge in [-0.1, -0.05) is 32.0 Å². The molecule has 1 aliphatic heterocycles. The molecule has 122 valence electrons. The van der Waals surface area contributed by atoms with Crippen LogP contribution in [0.1, 0.15) is 25.8 Å². The average Bonchev–Trinajstić information content (AvgIpc) is 2.54. The maximum atomic E-state index is 12.1. The number of rotatable bonds is 7. The van der Waals surface area contributed by atoms with Crippen molar-refractivity contribution in [1.82, 2.24) is 10.6 Å². The van der Waals surface area contributed by atoms with Crippen LogP contribution in [0, 0.1) is 5.92 Å². The molecule has 1 aromatic rings. The number of para-hydroxylation sites is 1. The van der Waals surface area contributed by atoms with Gasteiger partial charge in [0.1, 0.15) is 11.8 Å². The third kappa shape index (κ3) is 5.31. The van der Waals surface area contributed by atoms with Crippen LogP contribution in [-0.4, -0.2) is 38.3 Å². The Morgan fingerprint density at radius 1 is 1.45 bits per heavy atom. The molecule has 0 spiro atoms. The van der Waals surface area contributed by atoms with Crippen LogP contribution in [0.2, 0.25) is 0 Å². The zero-order chi connectivity index (χ0) is 15.8. The molecule has 0 aromatic heterocycles. The first-order chi connectivity index (χ1) is 10.7. The molecular weight excluding hydrogens is 280 g/mol. The Labute approximate surface area is 132 Å². The van der Waals surface area contributed by atoms with E-state index >= 15 is 0 Å². The predicted octanol–water partition coefficient (Wildman–Crippen LogP) is 1.72. The van der Waals surface area contributed by atoms with Gasteiger partial charge in [0, 0.05) is 18.7 Å². The molecule has 1 unspecified atom stereocenters. The predicted molar refractivity (Wildman–Crippen MR) is 85.8 cm³/mol. The number of nitrogens with one attached hydrogen (secondary N) is 2. The fourth-order valence-corrected chi connectivity index (χ4v) is 2.23. The van der Waals surface area contributed by atoms with Crippen molar-refractivity contribution in [2.45, 2.75) is 32.9 Å². The molecule has 0 radical (unpaired) electrons. The number of benzene rings is 1. The number of ether oxygens (including phenoxy) is 2. The summed E-state index contributed by atoms with van der Waals surface area (Å²) in [6.07, 6.45) is 1.02. The van der Waals surface area contributed by atoms with E-state index in [1.165, 1.54) is 0 Å². The summed E-state index contributed by atoms with van der Waals surface area (Å²) in [5, 5.41) is 6.10. The van der Waals surface area contributed by atoms with E-state index in [4.69, 9.17) is 9.47 Å². The lowest BCUT2D eigenvalue weighted by molar-refractivity contribution is -0.126. The minimum atomic E-state index is -0.261. The monoisotopic (exact) mass is 306 g/mol. The number of amides is 1. The summed E-state index contributed by atoms with van der Waals surface area (Å²) in [7, 11) is 0. The maximum absolute atomic E-state index is 12.1. The molecule has 5 heteroatoms. The van der Waals surface area contributed by atoms with Crippen molar-refractivity contribution in [3.8, 4) is 5.75 Å². The molecule has 0 saturated carbocycles. The van der Waals surface area contributed by atoms with Crippen molar-refractivity contribution in [3.63, 3.8) is 0 Å². The van der Waals surface area contributed by atoms with E-state index in [0.717, 1.165) is 17.7 Å². The second kappa shape index (κ2) is 8.76. The molecule has 5 nitrogen and oxygen atoms in total. The van der Waals surface area contributed by atoms with Gasteiger partial charge in [0.05, 0.1) is 19.8 Å². The maximum Gasteiger partial charge on any atom is 0.239 e. The van der Waals surface area contributed by atoms with E-state index in [0.29, 0.717) is 38.8 Å². The molecule has 1 aliphatic rings. The Kier molecular flexibility index (Phi) is 6.68. The lowest BCUT2D eigenvalue weighted by atomic mass is 10.1. The van der Waals surface area contributed by atoms with Crippen molar-refractivity contribution < 1.29 is 14.3 Å². The topological polar surface area (TPSA) is 59.6 Å². The summed E-state index contributed by atoms with van der Waals surface area (Å²) in [6.45, 7) is 7.32. The second-order valence-corrected chi connectivity index (χ2v) is 5.94. The van der Waals surface area contributed by atoms with Crippen LogP contribution in [0.15, 0.2) is 24.3 Å². The lowest BCUT2D eigenvalue weighted by Gasteiger charge is -2.23. The highest BCUT2D eigenvalue weighted by Crippen LogP contribution is 2.18. The van der Waals surface area contributed by atoms with E-state index in [9.17, 15) is 4.79 Å². The lowest BCUT2D eigenvalue weighted by Crippen LogP contribution is -2.51. The van der Waals surface area contributed by atoms with Gasteiger partial charge in [0.25, 0.3) is 0 Å². The molecule has 0 bridgehead atoms. The first-order valence-corrected chi connectivity index (χ1v) is 7.96. The van der Waals surface area contributed by atoms with Crippen LogP contribution in [0.4, 0.5) is 0 Å². The zero-order valence-electron chi connectivity index (χ0n) is 13.4. The minimum absolute atomic E-state index is 0.0308. The average molecular weight is 306 g/mol. The number of carbonyl (C=O) groups is 1. The first kappa shape index (κ1) is 16.8. The van der Waals surface area contributed by atoms with Gasteiger partial charge in [-0.05, 0) is 18.4 Å². The Hall–Kier alpha value is -1.59. The van der Waals surface area contributed by atoms with Crippen molar-refractivity contribution >= 4 is 5.91 Å². The highest BCUT2D eigenvalue weighted by Gasteiger charge is 2.20. The van der Waals surface area contributed by atoms with E-state index in [1.807, 2.05) is 24.3 Å². The Balaban J connectivity index is 1.84. The molecule has 1 amide bonds. The summed E-state index contributed by atoms with van der Waals surface area (Å²) in [4.78, 5) is 12.1. The fraction of sp³-hybridized carbons (Fsp3) is 0.588. The van der Waals surface area contributed by atoms with Gasteiger partial charge in [-0.3, -0.25) is 4.79 Å². The molecule has 1 atom stereocenters. The van der Waals surface area contributed by atoms with Crippen LogP contribution >= 0.6 is 0 Å². The fourth-order valence-electron chi connectivity index (χ4n) is 2.23. The highest BCUT2D eigenvalue weighted by atomic mass is 16.5. The van der Waals surface area contributed by atoms with Crippen LogP contribution in [0.5, 0.6) is 5.75 Å². The van der Waals surface area contributed by atoms with E-state index in [1.54, 1.807) is 0 Å². The number of hydrogen-bond donors (Lipinski definition) is 2. The SMILES string of the molecule is CC(C)CCOc1ccccc1CNC(=O)C1COCCN1. The van der Waals surface area contributed by atoms with Crippen LogP contribution < -0.4 is 15.4 Å². The first-order valence-electron chi connectivity index (χ1n) is 7.96. The summed E-state index contributed by atoms with van der Waals surface area (Å²) in [6, 6.07) is 7.58. The number of morpholine rings is 1. The molecule has 2 rings (SSSR count). The van der Waals surface area contributed by atoms with Crippen molar-refractivity contribution in [2.75, 3.05) is 26.4 Å². The smallest absolute Gasteiger partial charge is 0.239 e. The van der Waals surface area contributed by atoms with Crippen LogP contribution in [0.25, 0.3) is 0 Å². The van der Waals surface area contributed by atoms with Gasteiger partial charge in [-0.15, -0.1) is 0 Å². The van der Waals surface area contributed by atoms with Crippen LogP contribution in [0.3, 0.4) is 0 Å². The van der Waals surface area contributed by atoms with Gasteiger partial charge in [-0.25, -0.2) is 0 Å². The molecule has 2 N–H and O–H groups in total. The molecular formula is C17H26N2O3. The molecule has 0 aliphatic carbocycles. The number of carbonyl (C=O) groups excluding carboxylic acids is 1. The summed E-state index contributed by atoms with van der Waals surface area (Å²) < 4.78 is 11.1. The molecule has 1 aromatic carbocycles. The quantitative estimate of drug-likeness (QED) is 0.805. The Bertz CT molecular complexity index is 471. The molecule has 1 fully saturated rings. The second-order valence-electron chi connectivity index (χ2n) is 5.94. The largest absolute Gasteiger partial charge is 0.493 e. The summed E-state index contributed by atoms with van der Waals surface area (Å²) in [5.41, 5.74) is 0.997. The van der Waals surface area contributed by atoms with Gasteiger partial charge < -0.3 is 20.1 Å². The number of hydrogen-bond acceptors (Lipinski definition) is 4. The van der Waals surface area contributed by atoms with Gasteiger partial charge in [0.15, 0.2) is 0 Å². The molecule has 1 heterocycles. The van der Waals surface area contributed by atoms with Gasteiger partial charge >= 0.3 is 0 Å². The highest BCUT2D eigenvalue weighted by molar-refractivity contribution is 5.82. The van der Waals surface area contributed by atoms with Crippen molar-refractivity contribution in [2.24, 2.45) is 5.92 Å². The third-order valence-corrected chi connectivity index (χ3v) is 3.62. The van der Waals surface area contributed by atoms with E-state index in [2.05, 4.69) is 24.5 Å². The summed E-state index contributed by atoms with van der Waals surface area (Å²) >= 11 is 0. The van der Waals surface area contributed by atoms with Crippen LogP contribution in [-0.2, 0) is 16.1 Å². The molecule has 1 saturated heterocycles. The zero-order valence-corrected chi connectivity index (χ0v) is 13.4. The molecule has 22 heavy (non-hydrogen) atoms. The van der Waals surface area contributed by atoms with Crippen molar-refractivity contribution in [3.05, 3.63) is 29.8 Å². The van der Waals surface area contributed by atoms with E-state index < -0.39 is 0 Å². The minimum Gasteiger partial charge on any atom is -0.493 e. The Morgan fingerprint density at radius 3 is 3.00 bits per heavy atom. The Morgan fingerprint density at radius 2 is 2.27 bits per heavy atom. The standard InChI is InChI=1S/C17H26N2O3/c1-13(2)7-9-22-16-6-4-3-5-14(16)11-19-17(20)15-12-21-10-8-18-15/h3-6,13,15,18H,7-12H2,1-2H3,(H,19,20). The van der Waals surface area contributed by atoms with Crippen molar-refractivity contribution in [1.29, 1.82) is 0 Å². The third-order valence-electron chi connectivity index (χ3n) is 3.62. The summed E-state index contributed by atoms with van der Waals surface area (Å²) in [5.74, 6) is 1.43. The van der Waals surface area contributed by atoms with Gasteiger partial charge in [0.2, 0.25) is 5.91 Å².